The van der Waals surface area contributed by atoms with Crippen LogP contribution in [0.5, 0.6) is 0 Å². The molecule has 2 aliphatic rings. The van der Waals surface area contributed by atoms with Crippen molar-refractivity contribution in [2.75, 3.05) is 41.3 Å². The van der Waals surface area contributed by atoms with E-state index in [1.807, 2.05) is 38.0 Å². The lowest BCUT2D eigenvalue weighted by Gasteiger charge is -2.26. The number of rotatable bonds is 2. The predicted molar refractivity (Wildman–Crippen MR) is 96.3 cm³/mol. The van der Waals surface area contributed by atoms with Crippen LogP contribution in [0.4, 0.5) is 0 Å². The van der Waals surface area contributed by atoms with Crippen molar-refractivity contribution in [2.45, 2.75) is 50.4 Å². The Hall–Kier alpha value is -0.0800. The first kappa shape index (κ1) is 19.0. The quantitative estimate of drug-likeness (QED) is 0.398. The van der Waals surface area contributed by atoms with Crippen molar-refractivity contribution in [3.8, 4) is 0 Å². The molecule has 0 bridgehead atoms. The van der Waals surface area contributed by atoms with Crippen LogP contribution >= 0.6 is 24.0 Å². The third-order valence-corrected chi connectivity index (χ3v) is 4.02. The monoisotopic (exact) mass is 411 g/mol. The van der Waals surface area contributed by atoms with Gasteiger partial charge in [0.15, 0.2) is 11.7 Å². The van der Waals surface area contributed by atoms with E-state index in [9.17, 15) is 0 Å². The summed E-state index contributed by atoms with van der Waals surface area (Å²) in [6.45, 7) is 1.35. The molecule has 1 unspecified atom stereocenters. The molecule has 0 N–H and O–H groups in total. The topological polar surface area (TPSA) is 37.3 Å². The molecule has 5 nitrogen and oxygen atoms in total. The van der Waals surface area contributed by atoms with Crippen molar-refractivity contribution in [1.29, 1.82) is 0 Å². The molecule has 1 atom stereocenters. The SMILES string of the molecule is CN(C)C(=NCC1COC2(CCCCCC2)O1)N(C)C.I. The Morgan fingerprint density at radius 3 is 2.14 bits per heavy atom. The zero-order chi connectivity index (χ0) is 14.6. The third-order valence-electron chi connectivity index (χ3n) is 4.02. The van der Waals surface area contributed by atoms with E-state index in [0.717, 1.165) is 18.8 Å². The Bertz CT molecular complexity index is 330. The van der Waals surface area contributed by atoms with Gasteiger partial charge in [-0.25, -0.2) is 0 Å². The van der Waals surface area contributed by atoms with Gasteiger partial charge in [-0.15, -0.1) is 24.0 Å². The average Bonchev–Trinajstić information content (AvgIpc) is 2.62. The molecular formula is C15H30IN3O2. The minimum Gasteiger partial charge on any atom is -0.349 e. The Morgan fingerprint density at radius 2 is 1.62 bits per heavy atom. The molecule has 1 saturated carbocycles. The Labute approximate surface area is 146 Å². The Kier molecular flexibility index (Phi) is 7.70. The molecular weight excluding hydrogens is 381 g/mol. The molecule has 124 valence electrons. The minimum atomic E-state index is -0.299. The molecule has 21 heavy (non-hydrogen) atoms. The molecule has 0 aromatic heterocycles. The fourth-order valence-corrected chi connectivity index (χ4v) is 3.10. The van der Waals surface area contributed by atoms with Gasteiger partial charge in [0.25, 0.3) is 0 Å². The number of hydrogen-bond donors (Lipinski definition) is 0. The van der Waals surface area contributed by atoms with Gasteiger partial charge in [-0.2, -0.15) is 0 Å². The van der Waals surface area contributed by atoms with E-state index in [0.29, 0.717) is 13.2 Å². The summed E-state index contributed by atoms with van der Waals surface area (Å²) < 4.78 is 12.2. The van der Waals surface area contributed by atoms with Gasteiger partial charge in [-0.05, 0) is 12.8 Å². The van der Waals surface area contributed by atoms with Crippen molar-refractivity contribution in [3.05, 3.63) is 0 Å². The van der Waals surface area contributed by atoms with E-state index in [1.54, 1.807) is 0 Å². The summed E-state index contributed by atoms with van der Waals surface area (Å²) in [5.41, 5.74) is 0. The third kappa shape index (κ3) is 5.25. The molecule has 6 heteroatoms. The van der Waals surface area contributed by atoms with Gasteiger partial charge in [-0.3, -0.25) is 4.99 Å². The zero-order valence-corrected chi connectivity index (χ0v) is 16.1. The fraction of sp³-hybridized carbons (Fsp3) is 0.933. The molecule has 1 spiro atoms. The fourth-order valence-electron chi connectivity index (χ4n) is 3.10. The van der Waals surface area contributed by atoms with Gasteiger partial charge < -0.3 is 19.3 Å². The van der Waals surface area contributed by atoms with E-state index < -0.39 is 0 Å². The Balaban J connectivity index is 0.00000220. The molecule has 1 saturated heterocycles. The standard InChI is InChI=1S/C15H29N3O2.HI/c1-17(2)14(18(3)4)16-11-13-12-19-15(20-13)9-7-5-6-8-10-15;/h13H,5-12H2,1-4H3;1H. The smallest absolute Gasteiger partial charge is 0.195 e. The van der Waals surface area contributed by atoms with Crippen molar-refractivity contribution in [3.63, 3.8) is 0 Å². The van der Waals surface area contributed by atoms with E-state index in [4.69, 9.17) is 9.47 Å². The van der Waals surface area contributed by atoms with E-state index in [-0.39, 0.29) is 35.9 Å². The maximum Gasteiger partial charge on any atom is 0.195 e. The molecule has 0 aromatic rings. The van der Waals surface area contributed by atoms with Gasteiger partial charge in [0.2, 0.25) is 0 Å². The van der Waals surface area contributed by atoms with Crippen LogP contribution in [0.15, 0.2) is 4.99 Å². The molecule has 1 aliphatic carbocycles. The second-order valence-electron chi connectivity index (χ2n) is 6.31. The lowest BCUT2D eigenvalue weighted by atomic mass is 10.1. The molecule has 0 radical (unpaired) electrons. The first-order valence-corrected chi connectivity index (χ1v) is 7.73. The van der Waals surface area contributed by atoms with E-state index in [1.165, 1.54) is 25.7 Å². The lowest BCUT2D eigenvalue weighted by Crippen LogP contribution is -2.36. The maximum absolute atomic E-state index is 6.21. The highest BCUT2D eigenvalue weighted by Crippen LogP contribution is 2.36. The molecule has 0 amide bonds. The van der Waals surface area contributed by atoms with Gasteiger partial charge in [-0.1, -0.05) is 12.8 Å². The minimum absolute atomic E-state index is 0. The summed E-state index contributed by atoms with van der Waals surface area (Å²) in [5, 5.41) is 0. The van der Waals surface area contributed by atoms with Crippen molar-refractivity contribution < 1.29 is 9.47 Å². The summed E-state index contributed by atoms with van der Waals surface area (Å²) in [7, 11) is 8.05. The Morgan fingerprint density at radius 1 is 1.05 bits per heavy atom. The van der Waals surface area contributed by atoms with Gasteiger partial charge in [0.1, 0.15) is 6.10 Å². The van der Waals surface area contributed by atoms with Crippen LogP contribution in [0.2, 0.25) is 0 Å². The summed E-state index contributed by atoms with van der Waals surface area (Å²) in [6, 6.07) is 0. The number of halogens is 1. The van der Waals surface area contributed by atoms with Gasteiger partial charge in [0.05, 0.1) is 13.2 Å². The normalized spacial score (nSPS) is 24.1. The summed E-state index contributed by atoms with van der Waals surface area (Å²) in [4.78, 5) is 8.72. The molecule has 2 rings (SSSR count). The largest absolute Gasteiger partial charge is 0.349 e. The number of nitrogens with zero attached hydrogens (tertiary/aromatic N) is 3. The maximum atomic E-state index is 6.21. The lowest BCUT2D eigenvalue weighted by molar-refractivity contribution is -0.174. The van der Waals surface area contributed by atoms with Gasteiger partial charge >= 0.3 is 0 Å². The van der Waals surface area contributed by atoms with Crippen molar-refractivity contribution in [2.24, 2.45) is 4.99 Å². The van der Waals surface area contributed by atoms with Crippen LogP contribution in [0, 0.1) is 0 Å². The summed E-state index contributed by atoms with van der Waals surface area (Å²) in [6.07, 6.45) is 7.24. The van der Waals surface area contributed by atoms with E-state index >= 15 is 0 Å². The van der Waals surface area contributed by atoms with Crippen LogP contribution in [0.25, 0.3) is 0 Å². The highest BCUT2D eigenvalue weighted by molar-refractivity contribution is 14.0. The van der Waals surface area contributed by atoms with Crippen LogP contribution in [-0.2, 0) is 9.47 Å². The average molecular weight is 411 g/mol. The molecule has 1 heterocycles. The molecule has 0 aromatic carbocycles. The predicted octanol–water partition coefficient (Wildman–Crippen LogP) is 2.55. The van der Waals surface area contributed by atoms with E-state index in [2.05, 4.69) is 4.99 Å². The second kappa shape index (κ2) is 8.53. The van der Waals surface area contributed by atoms with Crippen LogP contribution in [0.3, 0.4) is 0 Å². The van der Waals surface area contributed by atoms with Gasteiger partial charge in [0, 0.05) is 41.0 Å². The highest BCUT2D eigenvalue weighted by Gasteiger charge is 2.41. The first-order chi connectivity index (χ1) is 9.52. The van der Waals surface area contributed by atoms with Crippen molar-refractivity contribution in [1.82, 2.24) is 9.80 Å². The summed E-state index contributed by atoms with van der Waals surface area (Å²) >= 11 is 0. The van der Waals surface area contributed by atoms with Crippen LogP contribution in [0.1, 0.15) is 38.5 Å². The number of hydrogen-bond acceptors (Lipinski definition) is 3. The first-order valence-electron chi connectivity index (χ1n) is 7.73. The summed E-state index contributed by atoms with van der Waals surface area (Å²) in [5.74, 6) is 0.669. The van der Waals surface area contributed by atoms with Crippen LogP contribution < -0.4 is 0 Å². The number of ether oxygens (including phenoxy) is 2. The van der Waals surface area contributed by atoms with Crippen molar-refractivity contribution >= 4 is 29.9 Å². The number of aliphatic imine (C=N–C) groups is 1. The number of guanidine groups is 1. The zero-order valence-electron chi connectivity index (χ0n) is 13.8. The van der Waals surface area contributed by atoms with Crippen LogP contribution in [-0.4, -0.2) is 69.0 Å². The molecule has 1 aliphatic heterocycles. The second-order valence-corrected chi connectivity index (χ2v) is 6.31. The molecule has 2 fully saturated rings. The highest BCUT2D eigenvalue weighted by atomic mass is 127.